The topological polar surface area (TPSA) is 103 Å². The van der Waals surface area contributed by atoms with Gasteiger partial charge in [-0.2, -0.15) is 0 Å². The second-order valence-corrected chi connectivity index (χ2v) is 5.33. The van der Waals surface area contributed by atoms with Crippen molar-refractivity contribution in [3.05, 3.63) is 27.9 Å². The summed E-state index contributed by atoms with van der Waals surface area (Å²) in [6.07, 6.45) is 2.74. The number of hydrogen-bond acceptors (Lipinski definition) is 6. The van der Waals surface area contributed by atoms with Crippen LogP contribution in [0, 0.1) is 10.1 Å². The maximum atomic E-state index is 11.1. The largest absolute Gasteiger partial charge is 0.478 e. The average Bonchev–Trinajstić information content (AvgIpc) is 2.39. The Morgan fingerprint density at radius 3 is 2.79 bits per heavy atom. The van der Waals surface area contributed by atoms with E-state index in [-0.39, 0.29) is 16.5 Å². The smallest absolute Gasteiger partial charge is 0.338 e. The van der Waals surface area contributed by atoms with Crippen LogP contribution < -0.4 is 0 Å². The van der Waals surface area contributed by atoms with E-state index in [1.54, 1.807) is 0 Å². The van der Waals surface area contributed by atoms with Gasteiger partial charge in [0.05, 0.1) is 10.5 Å². The van der Waals surface area contributed by atoms with E-state index in [0.29, 0.717) is 18.2 Å². The summed E-state index contributed by atoms with van der Waals surface area (Å²) < 4.78 is 5.23. The summed E-state index contributed by atoms with van der Waals surface area (Å²) in [4.78, 5) is 25.0. The fraction of sp³-hybridized carbons (Fsp3) is 0.455. The molecule has 0 radical (unpaired) electrons. The highest BCUT2D eigenvalue weighted by Crippen LogP contribution is 2.31. The minimum absolute atomic E-state index is 0.120. The van der Waals surface area contributed by atoms with Crippen LogP contribution in [-0.4, -0.2) is 39.4 Å². The van der Waals surface area contributed by atoms with Crippen LogP contribution in [0.3, 0.4) is 0 Å². The number of aromatic carboxylic acids is 1. The molecule has 7 nitrogen and oxygen atoms in total. The standard InChI is InChI=1S/C11H12N2O5S/c14-11(15)9-5-7(13(16)17)6-12-10(9)19-8-1-3-18-4-2-8/h5-6,8H,1-4H2,(H,14,15). The molecule has 1 fully saturated rings. The Morgan fingerprint density at radius 1 is 1.53 bits per heavy atom. The summed E-state index contributed by atoms with van der Waals surface area (Å²) in [6, 6.07) is 1.05. The highest BCUT2D eigenvalue weighted by atomic mass is 32.2. The zero-order chi connectivity index (χ0) is 13.8. The number of carboxylic acid groups (broad SMARTS) is 1. The number of carbonyl (C=O) groups is 1. The average molecular weight is 284 g/mol. The maximum absolute atomic E-state index is 11.1. The summed E-state index contributed by atoms with van der Waals surface area (Å²) in [5, 5.41) is 20.3. The molecule has 1 aliphatic heterocycles. The molecule has 19 heavy (non-hydrogen) atoms. The maximum Gasteiger partial charge on any atom is 0.338 e. The lowest BCUT2D eigenvalue weighted by Gasteiger charge is -2.21. The molecule has 8 heteroatoms. The first-order valence-electron chi connectivity index (χ1n) is 5.70. The van der Waals surface area contributed by atoms with Crippen molar-refractivity contribution in [2.75, 3.05) is 13.2 Å². The molecule has 0 bridgehead atoms. The van der Waals surface area contributed by atoms with Crippen LogP contribution in [0.25, 0.3) is 0 Å². The molecule has 1 aromatic rings. The quantitative estimate of drug-likeness (QED) is 0.665. The van der Waals surface area contributed by atoms with E-state index in [4.69, 9.17) is 9.84 Å². The molecule has 0 aliphatic carbocycles. The summed E-state index contributed by atoms with van der Waals surface area (Å²) >= 11 is 1.35. The van der Waals surface area contributed by atoms with E-state index in [1.165, 1.54) is 11.8 Å². The normalized spacial score (nSPS) is 16.2. The molecule has 1 N–H and O–H groups in total. The molecule has 1 aliphatic rings. The van der Waals surface area contributed by atoms with Gasteiger partial charge in [0.1, 0.15) is 11.2 Å². The SMILES string of the molecule is O=C(O)c1cc([N+](=O)[O-])cnc1SC1CCOCC1. The fourth-order valence-corrected chi connectivity index (χ4v) is 2.87. The number of nitrogens with zero attached hydrogens (tertiary/aromatic N) is 2. The first-order valence-corrected chi connectivity index (χ1v) is 6.58. The Balaban J connectivity index is 2.23. The third-order valence-electron chi connectivity index (χ3n) is 2.72. The molecule has 2 heterocycles. The summed E-state index contributed by atoms with van der Waals surface area (Å²) in [5.74, 6) is -1.20. The van der Waals surface area contributed by atoms with Crippen molar-refractivity contribution >= 4 is 23.4 Å². The number of pyridine rings is 1. The van der Waals surface area contributed by atoms with Crippen LogP contribution in [-0.2, 0) is 4.74 Å². The molecule has 0 atom stereocenters. The molecule has 102 valence electrons. The van der Waals surface area contributed by atoms with E-state index < -0.39 is 10.9 Å². The van der Waals surface area contributed by atoms with Gasteiger partial charge in [-0.25, -0.2) is 9.78 Å². The van der Waals surface area contributed by atoms with Crippen LogP contribution in [0.15, 0.2) is 17.3 Å². The van der Waals surface area contributed by atoms with Gasteiger partial charge in [-0.05, 0) is 12.8 Å². The number of hydrogen-bond donors (Lipinski definition) is 1. The van der Waals surface area contributed by atoms with Crippen molar-refractivity contribution in [3.63, 3.8) is 0 Å². The Bertz CT molecular complexity index is 502. The molecule has 1 saturated heterocycles. The zero-order valence-corrected chi connectivity index (χ0v) is 10.8. The van der Waals surface area contributed by atoms with Gasteiger partial charge in [0.15, 0.2) is 0 Å². The van der Waals surface area contributed by atoms with E-state index in [2.05, 4.69) is 4.98 Å². The summed E-state index contributed by atoms with van der Waals surface area (Å²) in [5.41, 5.74) is -0.431. The van der Waals surface area contributed by atoms with Crippen LogP contribution in [0.1, 0.15) is 23.2 Å². The van der Waals surface area contributed by atoms with E-state index >= 15 is 0 Å². The Kier molecular flexibility index (Phi) is 4.33. The minimum Gasteiger partial charge on any atom is -0.478 e. The summed E-state index contributed by atoms with van der Waals surface area (Å²) in [6.45, 7) is 1.29. The molecule has 0 saturated carbocycles. The zero-order valence-electron chi connectivity index (χ0n) is 9.94. The highest BCUT2D eigenvalue weighted by molar-refractivity contribution is 7.99. The number of thioether (sulfide) groups is 1. The van der Waals surface area contributed by atoms with Crippen molar-refractivity contribution in [1.82, 2.24) is 4.98 Å². The molecular formula is C11H12N2O5S. The predicted octanol–water partition coefficient (Wildman–Crippen LogP) is 1.96. The summed E-state index contributed by atoms with van der Waals surface area (Å²) in [7, 11) is 0. The van der Waals surface area contributed by atoms with Gasteiger partial charge < -0.3 is 9.84 Å². The van der Waals surface area contributed by atoms with E-state index in [0.717, 1.165) is 25.1 Å². The number of ether oxygens (including phenoxy) is 1. The minimum atomic E-state index is -1.20. The molecule has 2 rings (SSSR count). The monoisotopic (exact) mass is 284 g/mol. The number of carboxylic acids is 1. The Hall–Kier alpha value is -1.67. The van der Waals surface area contributed by atoms with Crippen LogP contribution in [0.5, 0.6) is 0 Å². The van der Waals surface area contributed by atoms with Crippen molar-refractivity contribution in [2.24, 2.45) is 0 Å². The predicted molar refractivity (Wildman–Crippen MR) is 67.5 cm³/mol. The van der Waals surface area contributed by atoms with Crippen molar-refractivity contribution in [2.45, 2.75) is 23.1 Å². The van der Waals surface area contributed by atoms with E-state index in [1.807, 2.05) is 0 Å². The van der Waals surface area contributed by atoms with Crippen molar-refractivity contribution < 1.29 is 19.6 Å². The first-order chi connectivity index (χ1) is 9.08. The lowest BCUT2D eigenvalue weighted by Crippen LogP contribution is -2.18. The number of aromatic nitrogens is 1. The Labute approximate surface area is 113 Å². The number of rotatable bonds is 4. The van der Waals surface area contributed by atoms with Gasteiger partial charge in [0, 0.05) is 24.5 Å². The fourth-order valence-electron chi connectivity index (χ4n) is 1.74. The first kappa shape index (κ1) is 13.8. The molecule has 0 aromatic carbocycles. The molecule has 0 amide bonds. The third kappa shape index (κ3) is 3.42. The number of nitro groups is 1. The van der Waals surface area contributed by atoms with Crippen LogP contribution in [0.4, 0.5) is 5.69 Å². The van der Waals surface area contributed by atoms with Crippen LogP contribution in [0.2, 0.25) is 0 Å². The molecular weight excluding hydrogens is 272 g/mol. The van der Waals surface area contributed by atoms with Gasteiger partial charge in [-0.3, -0.25) is 10.1 Å². The van der Waals surface area contributed by atoms with Crippen molar-refractivity contribution in [3.8, 4) is 0 Å². The molecule has 1 aromatic heterocycles. The highest BCUT2D eigenvalue weighted by Gasteiger charge is 2.22. The van der Waals surface area contributed by atoms with Gasteiger partial charge in [-0.15, -0.1) is 11.8 Å². The third-order valence-corrected chi connectivity index (χ3v) is 4.08. The molecule has 0 unspecified atom stereocenters. The van der Waals surface area contributed by atoms with Gasteiger partial charge in [-0.1, -0.05) is 0 Å². The lowest BCUT2D eigenvalue weighted by molar-refractivity contribution is -0.385. The Morgan fingerprint density at radius 2 is 2.21 bits per heavy atom. The second-order valence-electron chi connectivity index (χ2n) is 4.04. The van der Waals surface area contributed by atoms with Gasteiger partial charge >= 0.3 is 5.97 Å². The van der Waals surface area contributed by atoms with Crippen LogP contribution >= 0.6 is 11.8 Å². The van der Waals surface area contributed by atoms with Gasteiger partial charge in [0.2, 0.25) is 0 Å². The lowest BCUT2D eigenvalue weighted by atomic mass is 10.2. The molecule has 0 spiro atoms. The van der Waals surface area contributed by atoms with Gasteiger partial charge in [0.25, 0.3) is 5.69 Å². The second kappa shape index (κ2) is 5.98. The van der Waals surface area contributed by atoms with E-state index in [9.17, 15) is 14.9 Å². The van der Waals surface area contributed by atoms with Crippen molar-refractivity contribution in [1.29, 1.82) is 0 Å².